The number of ether oxygens (including phenoxy) is 1. The number of rotatable bonds is 6. The van der Waals surface area contributed by atoms with Crippen molar-refractivity contribution in [2.75, 3.05) is 13.2 Å². The van der Waals surface area contributed by atoms with Crippen LogP contribution in [0.25, 0.3) is 0 Å². The average Bonchev–Trinajstić information content (AvgIpc) is 3.21. The summed E-state index contributed by atoms with van der Waals surface area (Å²) in [4.78, 5) is 4.50. The Kier molecular flexibility index (Phi) is 7.05. The summed E-state index contributed by atoms with van der Waals surface area (Å²) in [6.07, 6.45) is 12.2. The first-order valence-electron chi connectivity index (χ1n) is 14.4. The standard InChI is InChI=1S/C31H46N2O2/c1-5-35-19-31(34)15-13-24-23(17-31)8-9-26-25(24)12-14-30(4)27(10-11-28(26)30)20(2)16-22-7-6-21(3)33-29(22)18-32/h6-7,20,23-28,34H,5,8-17,19H2,1-4H3/t20-,23+,24-,25+,26+,27?,28-,30+,31+/m0/s1. The minimum absolute atomic E-state index is 0.433. The molecule has 9 atom stereocenters. The summed E-state index contributed by atoms with van der Waals surface area (Å²) >= 11 is 0. The summed E-state index contributed by atoms with van der Waals surface area (Å²) < 4.78 is 5.66. The van der Waals surface area contributed by atoms with Crippen LogP contribution in [-0.2, 0) is 11.2 Å². The third-order valence-electron chi connectivity index (χ3n) is 11.2. The Morgan fingerprint density at radius 2 is 1.91 bits per heavy atom. The van der Waals surface area contributed by atoms with Gasteiger partial charge in [0.15, 0.2) is 0 Å². The normalized spacial score (nSPS) is 41.4. The van der Waals surface area contributed by atoms with Crippen LogP contribution in [0.2, 0.25) is 0 Å². The smallest absolute Gasteiger partial charge is 0.143 e. The molecule has 0 spiro atoms. The fourth-order valence-electron chi connectivity index (χ4n) is 9.70. The van der Waals surface area contributed by atoms with Gasteiger partial charge in [0.05, 0.1) is 12.2 Å². The lowest BCUT2D eigenvalue weighted by Crippen LogP contribution is -2.52. The van der Waals surface area contributed by atoms with Crippen LogP contribution in [0.1, 0.15) is 95.5 Å². The lowest BCUT2D eigenvalue weighted by Gasteiger charge is -2.57. The fraction of sp³-hybridized carbons (Fsp3) is 0.806. The summed E-state index contributed by atoms with van der Waals surface area (Å²) in [6.45, 7) is 10.3. The van der Waals surface area contributed by atoms with Crippen molar-refractivity contribution in [3.63, 3.8) is 0 Å². The van der Waals surface area contributed by atoms with Gasteiger partial charge < -0.3 is 9.84 Å². The van der Waals surface area contributed by atoms with Crippen molar-refractivity contribution in [3.05, 3.63) is 29.1 Å². The Bertz CT molecular complexity index is 956. The number of aromatic nitrogens is 1. The molecule has 192 valence electrons. The number of aryl methyl sites for hydroxylation is 1. The summed E-state index contributed by atoms with van der Waals surface area (Å²) in [5, 5.41) is 20.8. The van der Waals surface area contributed by atoms with Crippen molar-refractivity contribution in [1.29, 1.82) is 5.26 Å². The maximum absolute atomic E-state index is 11.1. The molecule has 0 aromatic carbocycles. The van der Waals surface area contributed by atoms with Gasteiger partial charge >= 0.3 is 0 Å². The number of pyridine rings is 1. The van der Waals surface area contributed by atoms with Gasteiger partial charge in [0, 0.05) is 12.3 Å². The number of nitriles is 1. The zero-order chi connectivity index (χ0) is 24.8. The van der Waals surface area contributed by atoms with E-state index in [0.29, 0.717) is 36.2 Å². The minimum atomic E-state index is -0.589. The largest absolute Gasteiger partial charge is 0.387 e. The van der Waals surface area contributed by atoms with Crippen molar-refractivity contribution < 1.29 is 9.84 Å². The maximum Gasteiger partial charge on any atom is 0.143 e. The average molecular weight is 479 g/mol. The molecule has 4 heteroatoms. The topological polar surface area (TPSA) is 66.1 Å². The molecule has 35 heavy (non-hydrogen) atoms. The number of hydrogen-bond donors (Lipinski definition) is 1. The Morgan fingerprint density at radius 1 is 1.11 bits per heavy atom. The van der Waals surface area contributed by atoms with Crippen LogP contribution in [0.3, 0.4) is 0 Å². The van der Waals surface area contributed by atoms with Crippen LogP contribution in [0, 0.1) is 65.1 Å². The molecule has 1 aromatic heterocycles. The molecule has 1 unspecified atom stereocenters. The Hall–Kier alpha value is -1.44. The molecular formula is C31H46N2O2. The van der Waals surface area contributed by atoms with Crippen molar-refractivity contribution in [2.45, 2.75) is 97.5 Å². The quantitative estimate of drug-likeness (QED) is 0.508. The first kappa shape index (κ1) is 25.2. The third-order valence-corrected chi connectivity index (χ3v) is 11.2. The molecule has 4 nitrogen and oxygen atoms in total. The molecule has 4 fully saturated rings. The van der Waals surface area contributed by atoms with Gasteiger partial charge in [-0.3, -0.25) is 0 Å². The molecule has 4 aliphatic carbocycles. The SMILES string of the molecule is CCOC[C@@]1(O)CC[C@H]2[C@H](CC[C@@H]3[C@@H]2CC[C@]2(C)C([C@@H](C)Cc4ccc(C)nc4C#N)CC[C@@H]32)C1. The van der Waals surface area contributed by atoms with Crippen LogP contribution in [0.15, 0.2) is 12.1 Å². The van der Waals surface area contributed by atoms with Gasteiger partial charge in [0.25, 0.3) is 0 Å². The van der Waals surface area contributed by atoms with E-state index in [2.05, 4.69) is 37.0 Å². The van der Waals surface area contributed by atoms with Crippen molar-refractivity contribution in [1.82, 2.24) is 4.98 Å². The number of fused-ring (bicyclic) bond motifs is 5. The number of hydrogen-bond acceptors (Lipinski definition) is 4. The number of nitrogens with zero attached hydrogens (tertiary/aromatic N) is 2. The van der Waals surface area contributed by atoms with E-state index in [-0.39, 0.29) is 0 Å². The molecule has 1 aromatic rings. The highest BCUT2D eigenvalue weighted by Crippen LogP contribution is 2.65. The summed E-state index contributed by atoms with van der Waals surface area (Å²) in [5.41, 5.74) is 2.53. The van der Waals surface area contributed by atoms with E-state index in [1.165, 1.54) is 44.9 Å². The predicted octanol–water partition coefficient (Wildman–Crippen LogP) is 6.48. The Balaban J connectivity index is 1.27. The van der Waals surface area contributed by atoms with E-state index in [9.17, 15) is 10.4 Å². The molecule has 0 aliphatic heterocycles. The molecule has 0 amide bonds. The van der Waals surface area contributed by atoms with Gasteiger partial charge in [0.1, 0.15) is 11.8 Å². The minimum Gasteiger partial charge on any atom is -0.387 e. The summed E-state index contributed by atoms with van der Waals surface area (Å²) in [7, 11) is 0. The highest BCUT2D eigenvalue weighted by atomic mass is 16.5. The van der Waals surface area contributed by atoms with E-state index >= 15 is 0 Å². The Morgan fingerprint density at radius 3 is 2.69 bits per heavy atom. The van der Waals surface area contributed by atoms with E-state index in [4.69, 9.17) is 4.74 Å². The third kappa shape index (κ3) is 4.57. The maximum atomic E-state index is 11.1. The first-order chi connectivity index (χ1) is 16.8. The second kappa shape index (κ2) is 9.79. The van der Waals surface area contributed by atoms with Gasteiger partial charge in [-0.05, 0) is 137 Å². The molecule has 4 saturated carbocycles. The lowest BCUT2D eigenvalue weighted by atomic mass is 9.48. The molecule has 5 rings (SSSR count). The van der Waals surface area contributed by atoms with Crippen LogP contribution in [-0.4, -0.2) is 28.9 Å². The molecular weight excluding hydrogens is 432 g/mol. The van der Waals surface area contributed by atoms with Crippen LogP contribution in [0.5, 0.6) is 0 Å². The van der Waals surface area contributed by atoms with E-state index in [0.717, 1.165) is 60.1 Å². The molecule has 0 saturated heterocycles. The van der Waals surface area contributed by atoms with Gasteiger partial charge in [-0.15, -0.1) is 0 Å². The molecule has 0 radical (unpaired) electrons. The van der Waals surface area contributed by atoms with Crippen molar-refractivity contribution in [3.8, 4) is 6.07 Å². The molecule has 1 heterocycles. The highest BCUT2D eigenvalue weighted by molar-refractivity contribution is 5.33. The zero-order valence-corrected chi connectivity index (χ0v) is 22.4. The van der Waals surface area contributed by atoms with Gasteiger partial charge in [-0.1, -0.05) is 19.9 Å². The Labute approximate surface area is 212 Å². The summed E-state index contributed by atoms with van der Waals surface area (Å²) in [6, 6.07) is 6.54. The van der Waals surface area contributed by atoms with E-state index in [1.54, 1.807) is 0 Å². The second-order valence-corrected chi connectivity index (χ2v) is 13.0. The summed E-state index contributed by atoms with van der Waals surface area (Å²) in [5.74, 6) is 5.41. The first-order valence-corrected chi connectivity index (χ1v) is 14.4. The van der Waals surface area contributed by atoms with E-state index in [1.807, 2.05) is 13.8 Å². The fourth-order valence-corrected chi connectivity index (χ4v) is 9.70. The predicted molar refractivity (Wildman–Crippen MR) is 139 cm³/mol. The lowest BCUT2D eigenvalue weighted by molar-refractivity contribution is -0.129. The van der Waals surface area contributed by atoms with Crippen LogP contribution in [0.4, 0.5) is 0 Å². The second-order valence-electron chi connectivity index (χ2n) is 13.0. The van der Waals surface area contributed by atoms with Crippen molar-refractivity contribution >= 4 is 0 Å². The zero-order valence-electron chi connectivity index (χ0n) is 22.4. The monoisotopic (exact) mass is 478 g/mol. The van der Waals surface area contributed by atoms with E-state index < -0.39 is 5.60 Å². The van der Waals surface area contributed by atoms with Crippen LogP contribution < -0.4 is 0 Å². The molecule has 0 bridgehead atoms. The van der Waals surface area contributed by atoms with Crippen LogP contribution >= 0.6 is 0 Å². The van der Waals surface area contributed by atoms with Crippen molar-refractivity contribution in [2.24, 2.45) is 46.8 Å². The number of aliphatic hydroxyl groups is 1. The highest BCUT2D eigenvalue weighted by Gasteiger charge is 2.58. The van der Waals surface area contributed by atoms with Gasteiger partial charge in [-0.25, -0.2) is 4.98 Å². The molecule has 4 aliphatic rings. The van der Waals surface area contributed by atoms with Gasteiger partial charge in [-0.2, -0.15) is 5.26 Å². The molecule has 1 N–H and O–H groups in total. The van der Waals surface area contributed by atoms with Gasteiger partial charge in [0.2, 0.25) is 0 Å².